The van der Waals surface area contributed by atoms with Gasteiger partial charge >= 0.3 is 5.97 Å². The van der Waals surface area contributed by atoms with Crippen LogP contribution in [0.25, 0.3) is 0 Å². The first-order valence-corrected chi connectivity index (χ1v) is 10.1. The summed E-state index contributed by atoms with van der Waals surface area (Å²) in [5.74, 6) is 1.62. The summed E-state index contributed by atoms with van der Waals surface area (Å²) in [6.07, 6.45) is 9.94. The van der Waals surface area contributed by atoms with Crippen LogP contribution in [0.5, 0.6) is 0 Å². The van der Waals surface area contributed by atoms with Crippen LogP contribution in [0.1, 0.15) is 100 Å². The monoisotopic (exact) mass is 344 g/mol. The first kappa shape index (κ1) is 20.0. The number of hydrogen-bond donors (Lipinski definition) is 0. The molecule has 2 rings (SSSR count). The zero-order valence-corrected chi connectivity index (χ0v) is 16.9. The van der Waals surface area contributed by atoms with Crippen molar-refractivity contribution in [1.82, 2.24) is 0 Å². The first-order valence-electron chi connectivity index (χ1n) is 10.1. The highest BCUT2D eigenvalue weighted by Crippen LogP contribution is 2.32. The van der Waals surface area contributed by atoms with Gasteiger partial charge in [-0.2, -0.15) is 0 Å². The van der Waals surface area contributed by atoms with Crippen molar-refractivity contribution in [3.63, 3.8) is 0 Å². The molecule has 0 spiro atoms. The second-order valence-corrected chi connectivity index (χ2v) is 8.36. The van der Waals surface area contributed by atoms with Crippen LogP contribution in [0.2, 0.25) is 0 Å². The molecule has 0 bridgehead atoms. The fourth-order valence-electron chi connectivity index (χ4n) is 4.22. The van der Waals surface area contributed by atoms with Crippen molar-refractivity contribution in [2.45, 2.75) is 90.9 Å². The summed E-state index contributed by atoms with van der Waals surface area (Å²) in [4.78, 5) is 11.9. The molecule has 1 aliphatic rings. The molecule has 0 unspecified atom stereocenters. The largest absolute Gasteiger partial charge is 0.469 e. The average Bonchev–Trinajstić information content (AvgIpc) is 2.60. The topological polar surface area (TPSA) is 26.3 Å². The van der Waals surface area contributed by atoms with E-state index in [-0.39, 0.29) is 5.97 Å². The van der Waals surface area contributed by atoms with E-state index >= 15 is 0 Å². The Balaban J connectivity index is 2.26. The molecule has 1 saturated carbocycles. The maximum Gasteiger partial charge on any atom is 0.309 e. The zero-order chi connectivity index (χ0) is 18.4. The van der Waals surface area contributed by atoms with Crippen molar-refractivity contribution in [1.29, 1.82) is 0 Å². The lowest BCUT2D eigenvalue weighted by molar-refractivity contribution is -0.139. The molecule has 1 aliphatic carbocycles. The minimum Gasteiger partial charge on any atom is -0.469 e. The van der Waals surface area contributed by atoms with Crippen molar-refractivity contribution in [2.75, 3.05) is 7.11 Å². The Hall–Kier alpha value is -1.31. The van der Waals surface area contributed by atoms with Crippen LogP contribution in [0.3, 0.4) is 0 Å². The van der Waals surface area contributed by atoms with Gasteiger partial charge in [-0.1, -0.05) is 71.9 Å². The van der Waals surface area contributed by atoms with E-state index in [9.17, 15) is 4.79 Å². The van der Waals surface area contributed by atoms with Gasteiger partial charge in [0, 0.05) is 0 Å². The molecule has 0 aliphatic heterocycles. The molecule has 0 radical (unpaired) electrons. The molecule has 25 heavy (non-hydrogen) atoms. The fraction of sp³-hybridized carbons (Fsp3) is 0.696. The summed E-state index contributed by atoms with van der Waals surface area (Å²) in [5, 5.41) is 0. The normalized spacial score (nSPS) is 15.8. The maximum atomic E-state index is 11.9. The van der Waals surface area contributed by atoms with Crippen molar-refractivity contribution in [3.8, 4) is 0 Å². The van der Waals surface area contributed by atoms with E-state index in [4.69, 9.17) is 4.74 Å². The Morgan fingerprint density at radius 3 is 2.08 bits per heavy atom. The van der Waals surface area contributed by atoms with Gasteiger partial charge in [0.1, 0.15) is 0 Å². The highest BCUT2D eigenvalue weighted by Gasteiger charge is 2.19. The van der Waals surface area contributed by atoms with Gasteiger partial charge in [0.15, 0.2) is 0 Å². The number of benzene rings is 1. The van der Waals surface area contributed by atoms with Gasteiger partial charge in [-0.25, -0.2) is 0 Å². The lowest BCUT2D eigenvalue weighted by Crippen LogP contribution is -2.13. The average molecular weight is 345 g/mol. The molecule has 0 N–H and O–H groups in total. The molecule has 1 aromatic carbocycles. The summed E-state index contributed by atoms with van der Waals surface area (Å²) in [5.41, 5.74) is 5.30. The third kappa shape index (κ3) is 5.59. The molecule has 0 atom stereocenters. The predicted octanol–water partition coefficient (Wildman–Crippen LogP) is 6.16. The predicted molar refractivity (Wildman–Crippen MR) is 105 cm³/mol. The maximum absolute atomic E-state index is 11.9. The Bertz CT molecular complexity index is 536. The summed E-state index contributed by atoms with van der Waals surface area (Å²) < 4.78 is 4.94. The second kappa shape index (κ2) is 9.40. The van der Waals surface area contributed by atoms with Gasteiger partial charge in [-0.3, -0.25) is 4.79 Å². The number of hydrogen-bond acceptors (Lipinski definition) is 2. The van der Waals surface area contributed by atoms with Gasteiger partial charge in [0.25, 0.3) is 0 Å². The standard InChI is InChI=1S/C23H36O2/c1-16(2)20-13-19(12-11-18-9-7-6-8-10-18)14-21(17(3)4)22(20)15-23(24)25-5/h13-14,16-18H,6-12,15H2,1-5H3. The number of ether oxygens (including phenoxy) is 1. The number of methoxy groups -OCH3 is 1. The fourth-order valence-corrected chi connectivity index (χ4v) is 4.22. The lowest BCUT2D eigenvalue weighted by Gasteiger charge is -2.24. The van der Waals surface area contributed by atoms with Crippen molar-refractivity contribution < 1.29 is 9.53 Å². The minimum absolute atomic E-state index is 0.140. The number of carbonyl (C=O) groups is 1. The third-order valence-electron chi connectivity index (χ3n) is 5.74. The van der Waals surface area contributed by atoms with E-state index in [1.54, 1.807) is 0 Å². The van der Waals surface area contributed by atoms with E-state index < -0.39 is 0 Å². The molecule has 0 saturated heterocycles. The van der Waals surface area contributed by atoms with E-state index in [2.05, 4.69) is 39.8 Å². The van der Waals surface area contributed by atoms with Gasteiger partial charge in [-0.05, 0) is 52.8 Å². The smallest absolute Gasteiger partial charge is 0.309 e. The van der Waals surface area contributed by atoms with Crippen LogP contribution >= 0.6 is 0 Å². The second-order valence-electron chi connectivity index (χ2n) is 8.36. The number of esters is 1. The summed E-state index contributed by atoms with van der Waals surface area (Å²) >= 11 is 0. The Morgan fingerprint density at radius 2 is 1.60 bits per heavy atom. The van der Waals surface area contributed by atoms with Crippen LogP contribution in [0, 0.1) is 5.92 Å². The van der Waals surface area contributed by atoms with E-state index in [1.165, 1.54) is 74.3 Å². The van der Waals surface area contributed by atoms with Crippen LogP contribution < -0.4 is 0 Å². The Labute approximate surface area is 154 Å². The Morgan fingerprint density at radius 1 is 1.04 bits per heavy atom. The van der Waals surface area contributed by atoms with Crippen LogP contribution in [0.15, 0.2) is 12.1 Å². The molecule has 0 aromatic heterocycles. The van der Waals surface area contributed by atoms with Crippen molar-refractivity contribution in [3.05, 3.63) is 34.4 Å². The molecule has 1 fully saturated rings. The van der Waals surface area contributed by atoms with Crippen molar-refractivity contribution >= 4 is 5.97 Å². The lowest BCUT2D eigenvalue weighted by atomic mass is 9.82. The quantitative estimate of drug-likeness (QED) is 0.554. The van der Waals surface area contributed by atoms with Crippen molar-refractivity contribution in [2.24, 2.45) is 5.92 Å². The molecule has 140 valence electrons. The van der Waals surface area contributed by atoms with Crippen LogP contribution in [0.4, 0.5) is 0 Å². The van der Waals surface area contributed by atoms with Gasteiger partial charge in [-0.15, -0.1) is 0 Å². The summed E-state index contributed by atoms with van der Waals surface area (Å²) in [7, 11) is 1.48. The number of carbonyl (C=O) groups excluding carboxylic acids is 1. The minimum atomic E-state index is -0.140. The third-order valence-corrected chi connectivity index (χ3v) is 5.74. The van der Waals surface area contributed by atoms with Crippen LogP contribution in [-0.4, -0.2) is 13.1 Å². The summed E-state index contributed by atoms with van der Waals surface area (Å²) in [6.45, 7) is 8.91. The number of rotatable bonds is 7. The van der Waals surface area contributed by atoms with Crippen LogP contribution in [-0.2, 0) is 22.4 Å². The molecule has 0 heterocycles. The molecular formula is C23H36O2. The molecular weight excluding hydrogens is 308 g/mol. The van der Waals surface area contributed by atoms with E-state index in [0.29, 0.717) is 18.3 Å². The van der Waals surface area contributed by atoms with Gasteiger partial charge < -0.3 is 4.74 Å². The zero-order valence-electron chi connectivity index (χ0n) is 16.9. The van der Waals surface area contributed by atoms with E-state index in [1.807, 2.05) is 0 Å². The first-order chi connectivity index (χ1) is 11.9. The highest BCUT2D eigenvalue weighted by atomic mass is 16.5. The highest BCUT2D eigenvalue weighted by molar-refractivity contribution is 5.74. The number of aryl methyl sites for hydroxylation is 1. The summed E-state index contributed by atoms with van der Waals surface area (Å²) in [6, 6.07) is 4.72. The molecule has 2 nitrogen and oxygen atoms in total. The molecule has 0 amide bonds. The van der Waals surface area contributed by atoms with Gasteiger partial charge in [0.2, 0.25) is 0 Å². The molecule has 1 aromatic rings. The Kier molecular flexibility index (Phi) is 7.53. The van der Waals surface area contributed by atoms with Gasteiger partial charge in [0.05, 0.1) is 13.5 Å². The SMILES string of the molecule is COC(=O)Cc1c(C(C)C)cc(CCC2CCCCC2)cc1C(C)C. The van der Waals surface area contributed by atoms with E-state index in [0.717, 1.165) is 5.92 Å². The molecule has 2 heteroatoms.